The minimum atomic E-state index is -1.40. The quantitative estimate of drug-likeness (QED) is 0.805. The number of halogens is 3. The van der Waals surface area contributed by atoms with Crippen LogP contribution in [0.1, 0.15) is 24.3 Å². The van der Waals surface area contributed by atoms with E-state index in [0.717, 1.165) is 24.3 Å². The van der Waals surface area contributed by atoms with Crippen molar-refractivity contribution >= 4 is 11.8 Å². The molecule has 1 aliphatic heterocycles. The molecule has 1 fully saturated rings. The zero-order chi connectivity index (χ0) is 11.7. The molecule has 88 valence electrons. The van der Waals surface area contributed by atoms with Gasteiger partial charge in [0.1, 0.15) is 0 Å². The van der Waals surface area contributed by atoms with Crippen LogP contribution in [-0.4, -0.2) is 11.8 Å². The van der Waals surface area contributed by atoms with Crippen LogP contribution in [0.5, 0.6) is 0 Å². The Morgan fingerprint density at radius 2 is 1.94 bits per heavy atom. The van der Waals surface area contributed by atoms with Gasteiger partial charge in [0.05, 0.1) is 5.37 Å². The zero-order valence-electron chi connectivity index (χ0n) is 8.77. The molecule has 1 nitrogen and oxygen atoms in total. The van der Waals surface area contributed by atoms with E-state index in [0.29, 0.717) is 11.6 Å². The molecule has 1 aromatic rings. The summed E-state index contributed by atoms with van der Waals surface area (Å²) in [7, 11) is 0. The summed E-state index contributed by atoms with van der Waals surface area (Å²) >= 11 is 1.58. The predicted molar refractivity (Wildman–Crippen MR) is 58.7 cm³/mol. The van der Waals surface area contributed by atoms with E-state index in [1.165, 1.54) is 0 Å². The highest BCUT2D eigenvalue weighted by atomic mass is 32.2. The van der Waals surface area contributed by atoms with E-state index >= 15 is 0 Å². The van der Waals surface area contributed by atoms with Gasteiger partial charge in [0, 0.05) is 11.8 Å². The van der Waals surface area contributed by atoms with Crippen molar-refractivity contribution in [3.05, 3.63) is 35.1 Å². The Morgan fingerprint density at radius 1 is 1.31 bits per heavy atom. The van der Waals surface area contributed by atoms with Gasteiger partial charge < -0.3 is 0 Å². The van der Waals surface area contributed by atoms with Gasteiger partial charge in [-0.2, -0.15) is 0 Å². The molecule has 0 saturated carbocycles. The molecule has 1 aromatic carbocycles. The molecule has 0 radical (unpaired) electrons. The lowest BCUT2D eigenvalue weighted by atomic mass is 10.2. The summed E-state index contributed by atoms with van der Waals surface area (Å²) in [6.07, 6.45) is 0.968. The lowest BCUT2D eigenvalue weighted by Gasteiger charge is -2.12. The van der Waals surface area contributed by atoms with Crippen molar-refractivity contribution in [3.63, 3.8) is 0 Å². The third-order valence-electron chi connectivity index (χ3n) is 2.65. The van der Waals surface area contributed by atoms with Crippen molar-refractivity contribution in [2.24, 2.45) is 0 Å². The Hall–Kier alpha value is -0.680. The highest BCUT2D eigenvalue weighted by molar-refractivity contribution is 7.99. The maximum absolute atomic E-state index is 13.0. The summed E-state index contributed by atoms with van der Waals surface area (Å²) in [5.74, 6) is -2.75. The Morgan fingerprint density at radius 3 is 2.44 bits per heavy atom. The third-order valence-corrected chi connectivity index (χ3v) is 3.99. The second-order valence-electron chi connectivity index (χ2n) is 3.78. The van der Waals surface area contributed by atoms with E-state index in [1.807, 2.05) is 6.92 Å². The normalized spacial score (nSPS) is 25.0. The van der Waals surface area contributed by atoms with Crippen LogP contribution >= 0.6 is 11.8 Å². The first-order valence-electron chi connectivity index (χ1n) is 5.14. The van der Waals surface area contributed by atoms with Crippen molar-refractivity contribution in [1.29, 1.82) is 0 Å². The van der Waals surface area contributed by atoms with Crippen LogP contribution in [0, 0.1) is 17.5 Å². The van der Waals surface area contributed by atoms with Crippen LogP contribution in [0.25, 0.3) is 0 Å². The maximum atomic E-state index is 13.0. The molecule has 2 atom stereocenters. The van der Waals surface area contributed by atoms with E-state index in [2.05, 4.69) is 5.32 Å². The molecule has 5 heteroatoms. The summed E-state index contributed by atoms with van der Waals surface area (Å²) in [4.78, 5) is 0. The van der Waals surface area contributed by atoms with Crippen LogP contribution in [0.3, 0.4) is 0 Å². The fourth-order valence-electron chi connectivity index (χ4n) is 1.68. The van der Waals surface area contributed by atoms with Crippen molar-refractivity contribution in [1.82, 2.24) is 5.32 Å². The summed E-state index contributed by atoms with van der Waals surface area (Å²) in [5, 5.41) is 3.09. The highest BCUT2D eigenvalue weighted by Gasteiger charge is 2.25. The average Bonchev–Trinajstić information content (AvgIpc) is 2.73. The van der Waals surface area contributed by atoms with E-state index < -0.39 is 17.5 Å². The SMILES string of the molecule is CCC1CSC(c2cc(F)c(F)c(F)c2)N1. The number of hydrogen-bond acceptors (Lipinski definition) is 2. The monoisotopic (exact) mass is 247 g/mol. The Labute approximate surface area is 96.4 Å². The Kier molecular flexibility index (Phi) is 3.44. The van der Waals surface area contributed by atoms with Crippen molar-refractivity contribution in [2.75, 3.05) is 5.75 Å². The first kappa shape index (κ1) is 11.8. The van der Waals surface area contributed by atoms with E-state index in [4.69, 9.17) is 0 Å². The summed E-state index contributed by atoms with van der Waals surface area (Å²) in [6, 6.07) is 2.47. The second-order valence-corrected chi connectivity index (χ2v) is 4.92. The van der Waals surface area contributed by atoms with Crippen LogP contribution < -0.4 is 5.32 Å². The molecule has 0 aromatic heterocycles. The molecular weight excluding hydrogens is 235 g/mol. The van der Waals surface area contributed by atoms with Gasteiger partial charge in [-0.05, 0) is 24.1 Å². The smallest absolute Gasteiger partial charge is 0.194 e. The second kappa shape index (κ2) is 4.67. The topological polar surface area (TPSA) is 12.0 Å². The van der Waals surface area contributed by atoms with Gasteiger partial charge in [0.25, 0.3) is 0 Å². The minimum absolute atomic E-state index is 0.144. The molecule has 2 unspecified atom stereocenters. The number of benzene rings is 1. The summed E-state index contributed by atoms with van der Waals surface area (Å²) in [5.41, 5.74) is 0.456. The fraction of sp³-hybridized carbons (Fsp3) is 0.455. The minimum Gasteiger partial charge on any atom is -0.298 e. The molecule has 1 saturated heterocycles. The number of thioether (sulfide) groups is 1. The molecule has 0 bridgehead atoms. The van der Waals surface area contributed by atoms with Crippen molar-refractivity contribution in [3.8, 4) is 0 Å². The van der Waals surface area contributed by atoms with Crippen molar-refractivity contribution < 1.29 is 13.2 Å². The van der Waals surface area contributed by atoms with Gasteiger partial charge in [-0.15, -0.1) is 11.8 Å². The molecule has 1 heterocycles. The van der Waals surface area contributed by atoms with Crippen LogP contribution in [0.2, 0.25) is 0 Å². The van der Waals surface area contributed by atoms with Gasteiger partial charge in [0.15, 0.2) is 17.5 Å². The zero-order valence-corrected chi connectivity index (χ0v) is 9.58. The molecule has 0 aliphatic carbocycles. The number of hydrogen-bond donors (Lipinski definition) is 1. The largest absolute Gasteiger partial charge is 0.298 e. The van der Waals surface area contributed by atoms with Gasteiger partial charge in [-0.3, -0.25) is 5.32 Å². The lowest BCUT2D eigenvalue weighted by molar-refractivity contribution is 0.443. The standard InChI is InChI=1S/C11H12F3NS/c1-2-7-5-16-11(15-7)6-3-8(12)10(14)9(13)4-6/h3-4,7,11,15H,2,5H2,1H3. The summed E-state index contributed by atoms with van der Waals surface area (Å²) in [6.45, 7) is 2.05. The Balaban J connectivity index is 2.22. The maximum Gasteiger partial charge on any atom is 0.194 e. The van der Waals surface area contributed by atoms with Crippen molar-refractivity contribution in [2.45, 2.75) is 24.8 Å². The molecule has 1 N–H and O–H groups in total. The average molecular weight is 247 g/mol. The van der Waals surface area contributed by atoms with Crippen LogP contribution in [0.15, 0.2) is 12.1 Å². The summed E-state index contributed by atoms with van der Waals surface area (Å²) < 4.78 is 38.8. The van der Waals surface area contributed by atoms with Gasteiger partial charge in [-0.1, -0.05) is 6.92 Å². The highest BCUT2D eigenvalue weighted by Crippen LogP contribution is 2.34. The third kappa shape index (κ3) is 2.20. The number of nitrogens with one attached hydrogen (secondary N) is 1. The van der Waals surface area contributed by atoms with Gasteiger partial charge in [0.2, 0.25) is 0 Å². The van der Waals surface area contributed by atoms with Crippen LogP contribution in [-0.2, 0) is 0 Å². The first-order valence-corrected chi connectivity index (χ1v) is 6.18. The lowest BCUT2D eigenvalue weighted by Crippen LogP contribution is -2.24. The van der Waals surface area contributed by atoms with E-state index in [9.17, 15) is 13.2 Å². The van der Waals surface area contributed by atoms with E-state index in [1.54, 1.807) is 11.8 Å². The Bertz CT molecular complexity index is 374. The molecule has 0 spiro atoms. The molecule has 16 heavy (non-hydrogen) atoms. The molecule has 1 aliphatic rings. The van der Waals surface area contributed by atoms with E-state index in [-0.39, 0.29) is 5.37 Å². The first-order chi connectivity index (χ1) is 7.61. The fourth-order valence-corrected chi connectivity index (χ4v) is 3.05. The van der Waals surface area contributed by atoms with Crippen LogP contribution in [0.4, 0.5) is 13.2 Å². The number of rotatable bonds is 2. The molecular formula is C11H12F3NS. The van der Waals surface area contributed by atoms with Gasteiger partial charge >= 0.3 is 0 Å². The predicted octanol–water partition coefficient (Wildman–Crippen LogP) is 3.22. The van der Waals surface area contributed by atoms with Gasteiger partial charge in [-0.25, -0.2) is 13.2 Å². The molecule has 0 amide bonds. The molecule has 2 rings (SSSR count).